The van der Waals surface area contributed by atoms with Crippen LogP contribution < -0.4 is 49.1 Å². The molecule has 0 aromatic carbocycles. The molecule has 0 aromatic rings. The molecule has 0 bridgehead atoms. The van der Waals surface area contributed by atoms with Gasteiger partial charge < -0.3 is 54.0 Å². The van der Waals surface area contributed by atoms with Gasteiger partial charge in [0.1, 0.15) is 0 Å². The number of hydrogen-bond acceptors (Lipinski definition) is 12. The van der Waals surface area contributed by atoms with E-state index < -0.39 is 0 Å². The number of hydrogen-bond donors (Lipinski definition) is 9. The van der Waals surface area contributed by atoms with Crippen LogP contribution in [0.2, 0.25) is 0 Å². The van der Waals surface area contributed by atoms with Gasteiger partial charge in [-0.2, -0.15) is 0 Å². The van der Waals surface area contributed by atoms with Crippen LogP contribution >= 0.6 is 0 Å². The van der Waals surface area contributed by atoms with Crippen LogP contribution in [0.4, 0.5) is 0 Å². The maximum atomic E-state index is 10.0. The van der Waals surface area contributed by atoms with E-state index in [0.717, 1.165) is 65.3 Å². The van der Waals surface area contributed by atoms with E-state index in [1.807, 2.05) is 0 Å². The molecular formula is C113H240N12O6. The number of nitrogens with one attached hydrogen (secondary N) is 6. The lowest BCUT2D eigenvalue weighted by Gasteiger charge is -2.20. The van der Waals surface area contributed by atoms with Gasteiger partial charge in [-0.05, 0) is 64.3 Å². The van der Waals surface area contributed by atoms with Crippen LogP contribution in [0.25, 0.3) is 0 Å². The summed E-state index contributed by atoms with van der Waals surface area (Å²) in [5, 5.41) is 15.5. The van der Waals surface area contributed by atoms with Crippen LogP contribution in [0, 0.1) is 0 Å². The summed E-state index contributed by atoms with van der Waals surface area (Å²) < 4.78 is 0. The lowest BCUT2D eigenvalue weighted by molar-refractivity contribution is -0.110. The smallest absolute Gasteiger partial charge is 0.207 e. The fourth-order valence-electron chi connectivity index (χ4n) is 15.0. The Kier molecular flexibility index (Phi) is 174. The number of carbonyl (C=O) groups excluding carboxylic acids is 6. The predicted octanol–water partition coefficient (Wildman–Crippen LogP) is 29.0. The minimum absolute atomic E-state index is 0.572. The number of allylic oxidation sites excluding steroid dienone is 4. The van der Waals surface area contributed by atoms with Gasteiger partial charge in [0, 0.05) is 111 Å². The largest absolute Gasteiger partial charge is 0.359 e. The van der Waals surface area contributed by atoms with E-state index in [4.69, 9.17) is 17.2 Å². The van der Waals surface area contributed by atoms with Gasteiger partial charge in [0.2, 0.25) is 38.5 Å². The molecule has 0 saturated carbocycles. The zero-order valence-corrected chi connectivity index (χ0v) is 90.6. The molecule has 18 heteroatoms. The highest BCUT2D eigenvalue weighted by molar-refractivity contribution is 5.47. The molecule has 18 nitrogen and oxygen atoms in total. The van der Waals surface area contributed by atoms with E-state index in [1.165, 1.54) is 462 Å². The molecule has 0 saturated heterocycles. The van der Waals surface area contributed by atoms with Gasteiger partial charge in [-0.1, -0.05) is 518 Å². The highest BCUT2D eigenvalue weighted by Gasteiger charge is 2.06. The number of unbranched alkanes of at least 4 members (excludes halogenated alkanes) is 64. The summed E-state index contributed by atoms with van der Waals surface area (Å²) in [4.78, 5) is 66.3. The quantitative estimate of drug-likeness (QED) is 0.0156. The van der Waals surface area contributed by atoms with Crippen molar-refractivity contribution < 1.29 is 28.8 Å². The van der Waals surface area contributed by atoms with Crippen molar-refractivity contribution in [2.24, 2.45) is 17.2 Å². The second-order valence-electron chi connectivity index (χ2n) is 36.6. The first-order valence-electron chi connectivity index (χ1n) is 57.1. The molecule has 0 fully saturated rings. The molecule has 0 atom stereocenters. The summed E-state index contributed by atoms with van der Waals surface area (Å²) in [6.07, 6.45) is 118. The van der Waals surface area contributed by atoms with Crippen LogP contribution in [-0.2, 0) is 28.8 Å². The summed E-state index contributed by atoms with van der Waals surface area (Å²) in [6.45, 7) is 39.8. The van der Waals surface area contributed by atoms with Crippen molar-refractivity contribution in [1.82, 2.24) is 46.6 Å². The van der Waals surface area contributed by atoms with Crippen LogP contribution in [0.15, 0.2) is 24.3 Å². The second-order valence-corrected chi connectivity index (χ2v) is 36.6. The minimum atomic E-state index is 0.572. The SMILES string of the molecule is CCCCCCCC/C=C\CCCCCCCC.CCCCCCCC/C=C\CCCCCCCC.CCCCCCCCCCCC.CCCCCCCCCCCC.CCCCCCCCCCCCCC.CCCCCCCCCCCCCC.NCCN(CCCNC=O)CCNC=O.NCCN(CCNC=O)CCNC=O.NCCN(CCNC=O)CCNC=O. The summed E-state index contributed by atoms with van der Waals surface area (Å²) in [6, 6.07) is 0. The molecule has 0 heterocycles. The molecule has 0 rings (SSSR count). The van der Waals surface area contributed by atoms with Crippen molar-refractivity contribution in [2.75, 3.05) is 118 Å². The van der Waals surface area contributed by atoms with E-state index in [-0.39, 0.29) is 0 Å². The Morgan fingerprint density at radius 2 is 0.275 bits per heavy atom. The number of nitrogens with zero attached hydrogens (tertiary/aromatic N) is 3. The van der Waals surface area contributed by atoms with Crippen LogP contribution in [-0.4, -0.2) is 171 Å². The molecule has 0 unspecified atom stereocenters. The van der Waals surface area contributed by atoms with Gasteiger partial charge >= 0.3 is 0 Å². The Hall–Kier alpha value is -3.94. The average Bonchev–Trinajstić information content (AvgIpc) is 1.02. The van der Waals surface area contributed by atoms with E-state index in [9.17, 15) is 28.8 Å². The Labute approximate surface area is 820 Å². The van der Waals surface area contributed by atoms with Crippen molar-refractivity contribution in [3.05, 3.63) is 24.3 Å². The van der Waals surface area contributed by atoms with E-state index in [2.05, 4.69) is 154 Å². The number of nitrogens with two attached hydrogens (primary N) is 3. The molecule has 0 aromatic heterocycles. The van der Waals surface area contributed by atoms with Gasteiger partial charge in [-0.3, -0.25) is 38.6 Å². The van der Waals surface area contributed by atoms with Gasteiger partial charge in [0.15, 0.2) is 0 Å². The van der Waals surface area contributed by atoms with E-state index in [0.29, 0.717) is 97.4 Å². The molecule has 788 valence electrons. The Morgan fingerprint density at radius 3 is 0.405 bits per heavy atom. The monoisotopic (exact) mass is 1860 g/mol. The fraction of sp³-hybridized carbons (Fsp3) is 0.912. The molecule has 6 amide bonds. The van der Waals surface area contributed by atoms with Crippen molar-refractivity contribution in [3.63, 3.8) is 0 Å². The van der Waals surface area contributed by atoms with Crippen LogP contribution in [0.1, 0.15) is 552 Å². The summed E-state index contributed by atoms with van der Waals surface area (Å²) >= 11 is 0. The summed E-state index contributed by atoms with van der Waals surface area (Å²) in [7, 11) is 0. The number of rotatable bonds is 99. The molecule has 0 aliphatic heterocycles. The summed E-state index contributed by atoms with van der Waals surface area (Å²) in [5.41, 5.74) is 16.3. The van der Waals surface area contributed by atoms with Crippen molar-refractivity contribution in [3.8, 4) is 0 Å². The third-order valence-corrected chi connectivity index (χ3v) is 23.6. The van der Waals surface area contributed by atoms with Crippen molar-refractivity contribution in [1.29, 1.82) is 0 Å². The highest BCUT2D eigenvalue weighted by Crippen LogP contribution is 2.17. The third-order valence-electron chi connectivity index (χ3n) is 23.6. The van der Waals surface area contributed by atoms with Crippen LogP contribution in [0.3, 0.4) is 0 Å². The molecular weight excluding hydrogens is 1620 g/mol. The first kappa shape index (κ1) is 145. The van der Waals surface area contributed by atoms with E-state index in [1.54, 1.807) is 0 Å². The number of carbonyl (C=O) groups is 6. The molecule has 0 radical (unpaired) electrons. The van der Waals surface area contributed by atoms with Gasteiger partial charge in [-0.15, -0.1) is 0 Å². The fourth-order valence-corrected chi connectivity index (χ4v) is 15.0. The standard InChI is InChI=1S/2C18H36.2C14H30.2C12H26.C9H20N4O2.2C8H18N4O2/c2*1-3-5-7-9-11-13-15-17-18-16-14-12-10-8-6-4-2;2*1-3-5-7-9-11-13-14-12-10-8-6-4-2;2*1-3-5-7-9-11-12-10-8-6-4-2;10-2-6-13(7-4-12-9-15)5-1-3-11-8-14;2*9-1-4-12(5-2-10-7-13)6-3-11-8-14/h2*17-18H,3-16H2,1-2H3;2*3-14H2,1-2H3;2*3-12H2,1-2H3;8-9H,1-7,10H2,(H,11,14)(H,12,15);2*7-8H,1-6,9H2,(H,10,13)(H,11,14)/b2*18-17-;;;;;;;. The topological polar surface area (TPSA) is 262 Å². The average molecular weight is 1860 g/mol. The van der Waals surface area contributed by atoms with Gasteiger partial charge in [-0.25, -0.2) is 0 Å². The second kappa shape index (κ2) is 157. The first-order chi connectivity index (χ1) is 64.5. The highest BCUT2D eigenvalue weighted by atomic mass is 16.1. The lowest BCUT2D eigenvalue weighted by atomic mass is 10.1. The van der Waals surface area contributed by atoms with Crippen LogP contribution in [0.5, 0.6) is 0 Å². The maximum absolute atomic E-state index is 10.0. The zero-order chi connectivity index (χ0) is 98.4. The minimum Gasteiger partial charge on any atom is -0.359 e. The Balaban J connectivity index is -0.000000183. The predicted molar refractivity (Wildman–Crippen MR) is 584 cm³/mol. The third kappa shape index (κ3) is 172. The zero-order valence-electron chi connectivity index (χ0n) is 90.6. The molecule has 0 aliphatic carbocycles. The molecule has 0 spiro atoms. The van der Waals surface area contributed by atoms with E-state index >= 15 is 0 Å². The molecule has 131 heavy (non-hydrogen) atoms. The van der Waals surface area contributed by atoms with Gasteiger partial charge in [0.05, 0.1) is 0 Å². The summed E-state index contributed by atoms with van der Waals surface area (Å²) in [5.74, 6) is 0. The van der Waals surface area contributed by atoms with Crippen molar-refractivity contribution >= 4 is 38.5 Å². The normalized spacial score (nSPS) is 10.6. The number of amides is 6. The van der Waals surface area contributed by atoms with Crippen molar-refractivity contribution in [2.45, 2.75) is 552 Å². The molecule has 0 aliphatic rings. The Bertz CT molecular complexity index is 1740. The first-order valence-corrected chi connectivity index (χ1v) is 57.1. The maximum Gasteiger partial charge on any atom is 0.207 e. The molecule has 12 N–H and O–H groups in total. The van der Waals surface area contributed by atoms with Gasteiger partial charge in [0.25, 0.3) is 0 Å². The Morgan fingerprint density at radius 1 is 0.153 bits per heavy atom. The lowest BCUT2D eigenvalue weighted by Crippen LogP contribution is -2.39.